The number of nitriles is 1. The zero-order valence-electron chi connectivity index (χ0n) is 18.0. The number of pyridine rings is 1. The minimum absolute atomic E-state index is 0.0424. The second kappa shape index (κ2) is 7.83. The van der Waals surface area contributed by atoms with Crippen molar-refractivity contribution in [2.24, 2.45) is 0 Å². The predicted octanol–water partition coefficient (Wildman–Crippen LogP) is 2.53. The van der Waals surface area contributed by atoms with Crippen molar-refractivity contribution in [1.82, 2.24) is 29.6 Å². The molecule has 1 amide bonds. The van der Waals surface area contributed by atoms with Gasteiger partial charge in [-0.3, -0.25) is 0 Å². The Morgan fingerprint density at radius 3 is 2.71 bits per heavy atom. The maximum absolute atomic E-state index is 12.5. The molecule has 1 fully saturated rings. The molecule has 0 radical (unpaired) electrons. The molecule has 31 heavy (non-hydrogen) atoms. The van der Waals surface area contributed by atoms with Gasteiger partial charge in [-0.15, -0.1) is 0 Å². The molecule has 3 aromatic heterocycles. The van der Waals surface area contributed by atoms with Crippen LogP contribution in [-0.2, 0) is 4.74 Å². The topological polar surface area (TPSA) is 113 Å². The standard InChI is InChI=1S/C21H24N8O2/c1-14-11-27(7-8-28(14)20(30)31-21(2,3)4)18-16-5-6-23-19(17(16)24-13-25-18)29-12-15(9-22)10-26-29/h5-6,10,12-14H,7-8,11H2,1-4H3. The average molecular weight is 420 g/mol. The minimum Gasteiger partial charge on any atom is -0.444 e. The first-order chi connectivity index (χ1) is 14.8. The van der Waals surface area contributed by atoms with Crippen LogP contribution < -0.4 is 4.90 Å². The lowest BCUT2D eigenvalue weighted by Crippen LogP contribution is -2.55. The van der Waals surface area contributed by atoms with E-state index in [-0.39, 0.29) is 12.1 Å². The number of anilines is 1. The van der Waals surface area contributed by atoms with E-state index in [4.69, 9.17) is 10.00 Å². The van der Waals surface area contributed by atoms with E-state index in [0.29, 0.717) is 36.5 Å². The van der Waals surface area contributed by atoms with Crippen LogP contribution in [0.1, 0.15) is 33.3 Å². The minimum atomic E-state index is -0.530. The smallest absolute Gasteiger partial charge is 0.410 e. The molecule has 10 heteroatoms. The van der Waals surface area contributed by atoms with Crippen molar-refractivity contribution in [1.29, 1.82) is 5.26 Å². The molecule has 4 heterocycles. The molecule has 0 aromatic carbocycles. The number of aromatic nitrogens is 5. The third-order valence-electron chi connectivity index (χ3n) is 5.00. The van der Waals surface area contributed by atoms with Crippen molar-refractivity contribution >= 4 is 22.8 Å². The van der Waals surface area contributed by atoms with Crippen molar-refractivity contribution in [2.45, 2.75) is 39.3 Å². The molecule has 1 atom stereocenters. The molecular formula is C21H24N8O2. The third-order valence-corrected chi connectivity index (χ3v) is 5.00. The number of fused-ring (bicyclic) bond motifs is 1. The number of amides is 1. The molecule has 0 saturated carbocycles. The number of hydrogen-bond donors (Lipinski definition) is 0. The van der Waals surface area contributed by atoms with Gasteiger partial charge >= 0.3 is 6.09 Å². The molecule has 0 N–H and O–H groups in total. The first kappa shape index (κ1) is 20.5. The third kappa shape index (κ3) is 4.12. The number of carbonyl (C=O) groups is 1. The number of hydrogen-bond acceptors (Lipinski definition) is 8. The number of piperazine rings is 1. The summed E-state index contributed by atoms with van der Waals surface area (Å²) in [6.07, 6.45) is 5.98. The Labute approximate surface area is 180 Å². The Bertz CT molecular complexity index is 1160. The van der Waals surface area contributed by atoms with Crippen LogP contribution in [0.25, 0.3) is 16.7 Å². The van der Waals surface area contributed by atoms with Crippen molar-refractivity contribution in [3.05, 3.63) is 36.5 Å². The van der Waals surface area contributed by atoms with Crippen molar-refractivity contribution in [3.8, 4) is 11.9 Å². The van der Waals surface area contributed by atoms with Crippen LogP contribution in [-0.4, -0.2) is 67.0 Å². The second-order valence-electron chi connectivity index (χ2n) is 8.48. The van der Waals surface area contributed by atoms with Crippen LogP contribution in [0, 0.1) is 11.3 Å². The SMILES string of the molecule is CC1CN(c2ncnc3c(-n4cc(C#N)cn4)nccc23)CCN1C(=O)OC(C)(C)C. The van der Waals surface area contributed by atoms with Crippen LogP contribution in [0.5, 0.6) is 0 Å². The van der Waals surface area contributed by atoms with Gasteiger partial charge in [0.25, 0.3) is 0 Å². The van der Waals surface area contributed by atoms with Gasteiger partial charge in [-0.1, -0.05) is 0 Å². The number of carbonyl (C=O) groups excluding carboxylic acids is 1. The summed E-state index contributed by atoms with van der Waals surface area (Å²) < 4.78 is 7.08. The van der Waals surface area contributed by atoms with Gasteiger partial charge < -0.3 is 14.5 Å². The van der Waals surface area contributed by atoms with Crippen molar-refractivity contribution in [3.63, 3.8) is 0 Å². The van der Waals surface area contributed by atoms with Crippen molar-refractivity contribution < 1.29 is 9.53 Å². The van der Waals surface area contributed by atoms with Crippen LogP contribution in [0.2, 0.25) is 0 Å². The summed E-state index contributed by atoms with van der Waals surface area (Å²) in [7, 11) is 0. The molecule has 1 saturated heterocycles. The number of ether oxygens (including phenoxy) is 1. The second-order valence-corrected chi connectivity index (χ2v) is 8.48. The van der Waals surface area contributed by atoms with Gasteiger partial charge in [0, 0.05) is 37.3 Å². The van der Waals surface area contributed by atoms with Crippen LogP contribution in [0.3, 0.4) is 0 Å². The normalized spacial score (nSPS) is 16.9. The number of rotatable bonds is 2. The number of nitrogens with zero attached hydrogens (tertiary/aromatic N) is 8. The van der Waals surface area contributed by atoms with Gasteiger partial charge in [0.05, 0.1) is 18.0 Å². The van der Waals surface area contributed by atoms with Crippen molar-refractivity contribution in [2.75, 3.05) is 24.5 Å². The Hall–Kier alpha value is -3.74. The average Bonchev–Trinajstić information content (AvgIpc) is 3.20. The fraction of sp³-hybridized carbons (Fsp3) is 0.429. The highest BCUT2D eigenvalue weighted by molar-refractivity contribution is 5.93. The lowest BCUT2D eigenvalue weighted by atomic mass is 10.1. The van der Waals surface area contributed by atoms with Gasteiger partial charge in [0.15, 0.2) is 5.82 Å². The molecule has 4 rings (SSSR count). The molecule has 0 aliphatic carbocycles. The zero-order valence-corrected chi connectivity index (χ0v) is 18.0. The summed E-state index contributed by atoms with van der Waals surface area (Å²) in [5.74, 6) is 1.31. The summed E-state index contributed by atoms with van der Waals surface area (Å²) in [6, 6.07) is 3.89. The maximum atomic E-state index is 12.5. The van der Waals surface area contributed by atoms with E-state index in [1.54, 1.807) is 22.0 Å². The molecule has 1 unspecified atom stereocenters. The van der Waals surface area contributed by atoms with E-state index in [1.807, 2.05) is 33.8 Å². The molecule has 3 aromatic rings. The lowest BCUT2D eigenvalue weighted by molar-refractivity contribution is 0.0159. The highest BCUT2D eigenvalue weighted by Gasteiger charge is 2.32. The monoisotopic (exact) mass is 420 g/mol. The Balaban J connectivity index is 1.62. The predicted molar refractivity (Wildman–Crippen MR) is 114 cm³/mol. The van der Waals surface area contributed by atoms with E-state index >= 15 is 0 Å². The maximum Gasteiger partial charge on any atom is 0.410 e. The van der Waals surface area contributed by atoms with E-state index in [2.05, 4.69) is 31.0 Å². The molecule has 0 spiro atoms. The van der Waals surface area contributed by atoms with E-state index in [9.17, 15) is 4.79 Å². The summed E-state index contributed by atoms with van der Waals surface area (Å²) in [5.41, 5.74) is 0.556. The summed E-state index contributed by atoms with van der Waals surface area (Å²) in [6.45, 7) is 9.36. The molecule has 1 aliphatic rings. The van der Waals surface area contributed by atoms with E-state index in [0.717, 1.165) is 11.2 Å². The van der Waals surface area contributed by atoms with Crippen LogP contribution >= 0.6 is 0 Å². The largest absolute Gasteiger partial charge is 0.444 e. The molecule has 160 valence electrons. The van der Waals surface area contributed by atoms with Gasteiger partial charge in [0.1, 0.15) is 29.3 Å². The Kier molecular flexibility index (Phi) is 5.19. The van der Waals surface area contributed by atoms with Crippen LogP contribution in [0.4, 0.5) is 10.6 Å². The summed E-state index contributed by atoms with van der Waals surface area (Å²) in [4.78, 5) is 29.8. The Morgan fingerprint density at radius 2 is 2.03 bits per heavy atom. The first-order valence-electron chi connectivity index (χ1n) is 10.1. The van der Waals surface area contributed by atoms with Gasteiger partial charge in [-0.05, 0) is 33.8 Å². The Morgan fingerprint density at radius 1 is 1.23 bits per heavy atom. The van der Waals surface area contributed by atoms with Gasteiger partial charge in [-0.2, -0.15) is 10.4 Å². The summed E-state index contributed by atoms with van der Waals surface area (Å²) >= 11 is 0. The van der Waals surface area contributed by atoms with E-state index in [1.165, 1.54) is 12.5 Å². The fourth-order valence-corrected chi connectivity index (χ4v) is 3.62. The summed E-state index contributed by atoms with van der Waals surface area (Å²) in [5, 5.41) is 14.1. The van der Waals surface area contributed by atoms with Gasteiger partial charge in [-0.25, -0.2) is 24.4 Å². The van der Waals surface area contributed by atoms with Crippen LogP contribution in [0.15, 0.2) is 31.0 Å². The first-order valence-corrected chi connectivity index (χ1v) is 10.1. The highest BCUT2D eigenvalue weighted by atomic mass is 16.6. The molecular weight excluding hydrogens is 396 g/mol. The highest BCUT2D eigenvalue weighted by Crippen LogP contribution is 2.28. The molecule has 0 bridgehead atoms. The zero-order chi connectivity index (χ0) is 22.2. The quantitative estimate of drug-likeness (QED) is 0.621. The van der Waals surface area contributed by atoms with E-state index < -0.39 is 5.60 Å². The lowest BCUT2D eigenvalue weighted by Gasteiger charge is -2.40. The molecule has 10 nitrogen and oxygen atoms in total. The molecule has 1 aliphatic heterocycles. The van der Waals surface area contributed by atoms with Gasteiger partial charge in [0.2, 0.25) is 0 Å². The fourth-order valence-electron chi connectivity index (χ4n) is 3.62.